The highest BCUT2D eigenvalue weighted by atomic mass is 16.7. The van der Waals surface area contributed by atoms with E-state index in [1.54, 1.807) is 0 Å². The summed E-state index contributed by atoms with van der Waals surface area (Å²) >= 11 is 0. The number of aliphatic hydroxyl groups excluding tert-OH is 1. The van der Waals surface area contributed by atoms with E-state index in [1.807, 2.05) is 13.8 Å². The van der Waals surface area contributed by atoms with Crippen molar-refractivity contribution in [2.45, 2.75) is 46.2 Å². The highest BCUT2D eigenvalue weighted by Crippen LogP contribution is 2.33. The van der Waals surface area contributed by atoms with Gasteiger partial charge in [-0.1, -0.05) is 13.8 Å². The average Bonchev–Trinajstić information content (AvgIpc) is 2.61. The lowest BCUT2D eigenvalue weighted by atomic mass is 9.83. The number of aliphatic hydroxyl groups is 1. The average molecular weight is 392 g/mol. The van der Waals surface area contributed by atoms with Crippen LogP contribution in [0.3, 0.4) is 0 Å². The van der Waals surface area contributed by atoms with Crippen LogP contribution >= 0.6 is 0 Å². The van der Waals surface area contributed by atoms with Crippen LogP contribution in [0.1, 0.15) is 27.7 Å². The molecule has 0 aromatic carbocycles. The van der Waals surface area contributed by atoms with Crippen molar-refractivity contribution in [3.8, 4) is 0 Å². The number of carbonyl (C=O) groups excluding carboxylic acids is 2. The number of carbonyl (C=O) groups is 2. The lowest BCUT2D eigenvalue weighted by Gasteiger charge is -2.43. The molecule has 0 aromatic heterocycles. The number of hydrogen-bond donors (Lipinski definition) is 1. The second-order valence-corrected chi connectivity index (χ2v) is 6.46. The first-order valence-corrected chi connectivity index (χ1v) is 9.20. The van der Waals surface area contributed by atoms with Crippen LogP contribution in [-0.4, -0.2) is 81.8 Å². The highest BCUT2D eigenvalue weighted by molar-refractivity contribution is 5.66. The number of esters is 2. The number of hydrogen-bond acceptors (Lipinski definition) is 9. The summed E-state index contributed by atoms with van der Waals surface area (Å²) in [5, 5.41) is 8.61. The van der Waals surface area contributed by atoms with Crippen LogP contribution in [-0.2, 0) is 38.0 Å². The fraction of sp³-hybridized carbons (Fsp3) is 0.889. The Hall–Kier alpha value is -1.26. The van der Waals surface area contributed by atoms with Crippen LogP contribution in [0.4, 0.5) is 0 Å². The number of ether oxygens (including phenoxy) is 6. The molecule has 1 saturated heterocycles. The van der Waals surface area contributed by atoms with Crippen LogP contribution in [0.5, 0.6) is 0 Å². The molecule has 1 aliphatic rings. The summed E-state index contributed by atoms with van der Waals surface area (Å²) in [4.78, 5) is 22.5. The van der Waals surface area contributed by atoms with Crippen molar-refractivity contribution in [2.75, 3.05) is 46.2 Å². The van der Waals surface area contributed by atoms with Gasteiger partial charge in [0.25, 0.3) is 0 Å². The Kier molecular flexibility index (Phi) is 11.5. The van der Waals surface area contributed by atoms with Gasteiger partial charge in [-0.3, -0.25) is 9.59 Å². The summed E-state index contributed by atoms with van der Waals surface area (Å²) in [6.07, 6.45) is -1.68. The second-order valence-electron chi connectivity index (χ2n) is 6.46. The third kappa shape index (κ3) is 8.98. The SMILES string of the molecule is CC(=O)OCC1O[C@H](OCCOCCOCCO)C(OC(C)=O)[C@@H](C)[C@@H]1C. The van der Waals surface area contributed by atoms with Gasteiger partial charge in [-0.15, -0.1) is 0 Å². The van der Waals surface area contributed by atoms with E-state index in [2.05, 4.69) is 0 Å². The molecule has 0 saturated carbocycles. The summed E-state index contributed by atoms with van der Waals surface area (Å²) in [5.74, 6) is -0.823. The van der Waals surface area contributed by atoms with Crippen molar-refractivity contribution in [3.05, 3.63) is 0 Å². The van der Waals surface area contributed by atoms with E-state index in [0.717, 1.165) is 0 Å². The molecule has 2 unspecified atom stereocenters. The second kappa shape index (κ2) is 13.0. The topological polar surface area (TPSA) is 110 Å². The first kappa shape index (κ1) is 23.8. The maximum absolute atomic E-state index is 11.4. The van der Waals surface area contributed by atoms with E-state index in [-0.39, 0.29) is 50.3 Å². The van der Waals surface area contributed by atoms with E-state index in [9.17, 15) is 9.59 Å². The van der Waals surface area contributed by atoms with Crippen LogP contribution in [0.25, 0.3) is 0 Å². The summed E-state index contributed by atoms with van der Waals surface area (Å²) in [7, 11) is 0. The molecule has 5 atom stereocenters. The maximum atomic E-state index is 11.4. The fourth-order valence-electron chi connectivity index (χ4n) is 2.75. The molecular formula is C18H32O9. The third-order valence-corrected chi connectivity index (χ3v) is 4.38. The van der Waals surface area contributed by atoms with Crippen molar-refractivity contribution in [2.24, 2.45) is 11.8 Å². The zero-order valence-electron chi connectivity index (χ0n) is 16.5. The van der Waals surface area contributed by atoms with Gasteiger partial charge >= 0.3 is 11.9 Å². The molecule has 1 aliphatic heterocycles. The molecule has 1 N–H and O–H groups in total. The lowest BCUT2D eigenvalue weighted by molar-refractivity contribution is -0.282. The van der Waals surface area contributed by atoms with Crippen molar-refractivity contribution >= 4 is 11.9 Å². The molecule has 1 rings (SSSR count). The molecule has 0 amide bonds. The van der Waals surface area contributed by atoms with Crippen molar-refractivity contribution < 1.29 is 43.1 Å². The van der Waals surface area contributed by atoms with E-state index < -0.39 is 18.4 Å². The van der Waals surface area contributed by atoms with E-state index >= 15 is 0 Å². The largest absolute Gasteiger partial charge is 0.463 e. The standard InChI is InChI=1S/C18H32O9/c1-12-13(2)17(26-15(4)21)18(27-16(12)11-25-14(3)20)24-10-9-23-8-7-22-6-5-19/h12-13,16-19H,5-11H2,1-4H3/t12-,13-,16?,17?,18-/m0/s1. The summed E-state index contributed by atoms with van der Waals surface area (Å²) in [6.45, 7) is 8.28. The zero-order valence-corrected chi connectivity index (χ0v) is 16.5. The van der Waals surface area contributed by atoms with Gasteiger partial charge in [0.05, 0.1) is 45.7 Å². The molecule has 9 heteroatoms. The van der Waals surface area contributed by atoms with Crippen LogP contribution in [0, 0.1) is 11.8 Å². The molecule has 9 nitrogen and oxygen atoms in total. The highest BCUT2D eigenvalue weighted by Gasteiger charge is 2.44. The fourth-order valence-corrected chi connectivity index (χ4v) is 2.75. The predicted molar refractivity (Wildman–Crippen MR) is 93.9 cm³/mol. The summed E-state index contributed by atoms with van der Waals surface area (Å²) in [5.41, 5.74) is 0. The Bertz CT molecular complexity index is 441. The molecule has 0 aliphatic carbocycles. The quantitative estimate of drug-likeness (QED) is 0.375. The summed E-state index contributed by atoms with van der Waals surface area (Å²) in [6, 6.07) is 0. The lowest BCUT2D eigenvalue weighted by Crippen LogP contribution is -2.53. The first-order valence-electron chi connectivity index (χ1n) is 9.20. The zero-order chi connectivity index (χ0) is 20.2. The van der Waals surface area contributed by atoms with Gasteiger partial charge in [-0.05, 0) is 5.92 Å². The molecule has 1 heterocycles. The van der Waals surface area contributed by atoms with Crippen molar-refractivity contribution in [1.82, 2.24) is 0 Å². The van der Waals surface area contributed by atoms with Gasteiger partial charge in [0.1, 0.15) is 6.61 Å². The molecule has 0 aromatic rings. The van der Waals surface area contributed by atoms with Crippen molar-refractivity contribution in [3.63, 3.8) is 0 Å². The third-order valence-electron chi connectivity index (χ3n) is 4.38. The van der Waals surface area contributed by atoms with Crippen LogP contribution in [0.15, 0.2) is 0 Å². The first-order chi connectivity index (χ1) is 12.9. The molecule has 27 heavy (non-hydrogen) atoms. The van der Waals surface area contributed by atoms with E-state index in [1.165, 1.54) is 13.8 Å². The molecule has 158 valence electrons. The van der Waals surface area contributed by atoms with Crippen LogP contribution in [0.2, 0.25) is 0 Å². The normalized spacial score (nSPS) is 28.0. The van der Waals surface area contributed by atoms with Gasteiger partial charge in [0.2, 0.25) is 0 Å². The predicted octanol–water partition coefficient (Wildman–Crippen LogP) is 0.520. The van der Waals surface area contributed by atoms with Crippen LogP contribution < -0.4 is 0 Å². The van der Waals surface area contributed by atoms with E-state index in [4.69, 9.17) is 33.5 Å². The molecule has 1 fully saturated rings. The van der Waals surface area contributed by atoms with Gasteiger partial charge in [0, 0.05) is 19.8 Å². The smallest absolute Gasteiger partial charge is 0.303 e. The van der Waals surface area contributed by atoms with Gasteiger partial charge in [0.15, 0.2) is 12.4 Å². The Balaban J connectivity index is 2.51. The Labute approximate surface area is 160 Å². The minimum absolute atomic E-state index is 0.00785. The minimum atomic E-state index is -0.769. The Morgan fingerprint density at radius 1 is 0.926 bits per heavy atom. The molecule has 0 radical (unpaired) electrons. The maximum Gasteiger partial charge on any atom is 0.303 e. The summed E-state index contributed by atoms with van der Waals surface area (Å²) < 4.78 is 32.6. The molecule has 0 spiro atoms. The molecular weight excluding hydrogens is 360 g/mol. The Morgan fingerprint density at radius 2 is 1.56 bits per heavy atom. The monoisotopic (exact) mass is 392 g/mol. The van der Waals surface area contributed by atoms with Gasteiger partial charge in [-0.25, -0.2) is 0 Å². The van der Waals surface area contributed by atoms with Gasteiger partial charge < -0.3 is 33.5 Å². The Morgan fingerprint density at radius 3 is 2.15 bits per heavy atom. The van der Waals surface area contributed by atoms with Gasteiger partial charge in [-0.2, -0.15) is 0 Å². The van der Waals surface area contributed by atoms with E-state index in [0.29, 0.717) is 19.8 Å². The van der Waals surface area contributed by atoms with Crippen molar-refractivity contribution in [1.29, 1.82) is 0 Å². The number of rotatable bonds is 12. The molecule has 0 bridgehead atoms. The minimum Gasteiger partial charge on any atom is -0.463 e.